The lowest BCUT2D eigenvalue weighted by molar-refractivity contribution is 0.0362. The molecule has 22 rings (SSSR count). The molecule has 0 fully saturated rings. The third kappa shape index (κ3) is 12.9. The molecule has 12 aromatic carbocycles. The Hall–Kier alpha value is -16.8. The third-order valence-corrected chi connectivity index (χ3v) is 25.4. The van der Waals surface area contributed by atoms with Crippen LogP contribution >= 0.6 is 47.8 Å². The first-order chi connectivity index (χ1) is 63.7. The molecule has 10 aliphatic rings. The summed E-state index contributed by atoms with van der Waals surface area (Å²) in [6.45, 7) is 30.8. The maximum absolute atomic E-state index is 14.6. The van der Waals surface area contributed by atoms with Gasteiger partial charge in [-0.25, -0.2) is 101 Å². The van der Waals surface area contributed by atoms with Gasteiger partial charge in [-0.1, -0.05) is 91.8 Å². The van der Waals surface area contributed by atoms with Gasteiger partial charge < -0.3 is 37.9 Å². The second-order valence-corrected chi connectivity index (χ2v) is 34.7. The molecule has 37 heteroatoms. The van der Waals surface area contributed by atoms with Crippen molar-refractivity contribution in [3.63, 3.8) is 0 Å². The van der Waals surface area contributed by atoms with E-state index < -0.39 is 142 Å². The lowest BCUT2D eigenvalue weighted by atomic mass is 9.83. The molecule has 134 heavy (non-hydrogen) atoms. The number of imide groups is 2. The van der Waals surface area contributed by atoms with Crippen LogP contribution < -0.4 is 9.80 Å². The Morgan fingerprint density at radius 3 is 0.828 bits per heavy atom. The van der Waals surface area contributed by atoms with Crippen LogP contribution in [0.15, 0.2) is 129 Å². The highest BCUT2D eigenvalue weighted by Gasteiger charge is 2.49. The Morgan fingerprint density at radius 2 is 0.515 bits per heavy atom. The normalized spacial score (nSPS) is 15.3. The number of halogens is 4. The summed E-state index contributed by atoms with van der Waals surface area (Å²) >= 11 is 10.4. The first kappa shape index (κ1) is 87.8. The largest absolute Gasteiger partial charge is 0.387 e. The molecule has 0 unspecified atom stereocenters. The predicted octanol–water partition coefficient (Wildman–Crippen LogP) is 18.2. The smallest absolute Gasteiger partial charge is 0.349 e. The number of rotatable bonds is 6. The van der Waals surface area contributed by atoms with Gasteiger partial charge in [-0.15, -0.1) is 0 Å². The quantitative estimate of drug-likeness (QED) is 0.0490. The van der Waals surface area contributed by atoms with Gasteiger partial charge in [-0.3, -0.25) is 19.2 Å². The van der Waals surface area contributed by atoms with Gasteiger partial charge >= 0.3 is 95.5 Å². The number of amides is 4. The van der Waals surface area contributed by atoms with Crippen LogP contribution in [0.5, 0.6) is 0 Å². The monoisotopic (exact) mass is 1980 g/mol. The van der Waals surface area contributed by atoms with Gasteiger partial charge in [0.15, 0.2) is 0 Å². The molecule has 4 amide bonds. The van der Waals surface area contributed by atoms with E-state index in [1.165, 1.54) is 64.4 Å². The molecule has 0 saturated heterocycles. The molecule has 0 atom stereocenters. The minimum atomic E-state index is -1.15. The van der Waals surface area contributed by atoms with E-state index in [1.807, 2.05) is 91.8 Å². The number of carbonyl (C=O) groups excluding carboxylic acids is 20. The Balaban J connectivity index is 0.000000117. The number of cyclic esters (lactones) is 16. The summed E-state index contributed by atoms with van der Waals surface area (Å²) in [7, 11) is 0. The van der Waals surface area contributed by atoms with Gasteiger partial charge in [0, 0.05) is 56.5 Å². The van der Waals surface area contributed by atoms with Crippen LogP contribution in [0.3, 0.4) is 0 Å². The van der Waals surface area contributed by atoms with Crippen molar-refractivity contribution in [1.29, 1.82) is 5.26 Å². The molecule has 33 nitrogen and oxygen atoms in total. The third-order valence-electron chi connectivity index (χ3n) is 23.6. The summed E-state index contributed by atoms with van der Waals surface area (Å²) in [6.07, 6.45) is 0. The second-order valence-electron chi connectivity index (χ2n) is 32.1. The number of esters is 16. The van der Waals surface area contributed by atoms with Crippen LogP contribution in [0.1, 0.15) is 314 Å². The number of benzene rings is 12. The lowest BCUT2D eigenvalue weighted by Gasteiger charge is -2.36. The molecule has 0 spiro atoms. The number of hydrogen-bond acceptors (Lipinski definition) is 29. The van der Waals surface area contributed by atoms with Gasteiger partial charge in [0.1, 0.15) is 17.4 Å². The van der Waals surface area contributed by atoms with Crippen molar-refractivity contribution in [2.45, 2.75) is 79.1 Å². The summed E-state index contributed by atoms with van der Waals surface area (Å²) in [5, 5.41) is 10.4. The fourth-order valence-corrected chi connectivity index (χ4v) is 19.6. The van der Waals surface area contributed by atoms with Gasteiger partial charge in [-0.05, 0) is 183 Å². The van der Waals surface area contributed by atoms with E-state index in [0.29, 0.717) is 35.6 Å². The van der Waals surface area contributed by atoms with Crippen molar-refractivity contribution < 1.29 is 138 Å². The minimum absolute atomic E-state index is 0.00731. The van der Waals surface area contributed by atoms with Crippen LogP contribution in [0.25, 0.3) is 63.6 Å². The van der Waals surface area contributed by atoms with Crippen molar-refractivity contribution in [3.05, 3.63) is 296 Å². The van der Waals surface area contributed by atoms with Crippen molar-refractivity contribution in [3.8, 4) is 6.07 Å². The van der Waals surface area contributed by atoms with Crippen molar-refractivity contribution in [2.24, 2.45) is 0 Å². The van der Waals surface area contributed by atoms with Gasteiger partial charge in [0.2, 0.25) is 11.4 Å². The maximum Gasteiger partial charge on any atom is 0.349 e. The van der Waals surface area contributed by atoms with E-state index in [-0.39, 0.29) is 178 Å². The number of para-hydroxylation sites is 2. The molecule has 0 aliphatic carbocycles. The highest BCUT2D eigenvalue weighted by molar-refractivity contribution is 9.11. The minimum Gasteiger partial charge on any atom is -0.387 e. The summed E-state index contributed by atoms with van der Waals surface area (Å²) in [6, 6.07) is 30.6. The summed E-state index contributed by atoms with van der Waals surface area (Å²) in [5.74, 6) is -17.9. The van der Waals surface area contributed by atoms with Crippen LogP contribution in [-0.4, -0.2) is 119 Å². The second kappa shape index (κ2) is 31.8. The van der Waals surface area contributed by atoms with E-state index in [9.17, 15) is 106 Å². The molecule has 0 saturated carbocycles. The van der Waals surface area contributed by atoms with Crippen molar-refractivity contribution in [1.82, 2.24) is 0 Å². The zero-order valence-electron chi connectivity index (χ0n) is 69.5. The SMILES string of the molecule is CC(C)c1cccc(C(C)C)c1N1C(=O)c2cc(Br)c3c4c(cc(Br)c(c24)C1=O)C(=O)N(c1c(C(C)C)cccc1C(C)C)C3=O.N#Cc1cc2c3c(ccc4c3c1C(=O)OC4=O)C(=O)OC2=O.O=C1OC(=O)c2cc(Br)c3c4c(ccc1c24)C(=O)OC3=O.O=C1OC(=O)c2cc(F)c3c4c(ccc1c24)C(=O)OC3=O.[C-]#[N+]c1c([N+]#[C-])c2c3c(ccc4c3c1C(=O)OC4=O)C(=O)OC2=O. The van der Waals surface area contributed by atoms with Crippen molar-refractivity contribution in [2.75, 3.05) is 9.80 Å². The maximum atomic E-state index is 14.6. The number of nitrogens with zero attached hydrogens (tertiary/aromatic N) is 5. The standard InChI is InChI=1S/C38H36Br2N2O4.C16H2N2O6.C15H3NO6.C14H3BrO6.C14H3FO6/c1-17(2)21-11-9-12-22(18(3)4)33(21)41-35(43)25-15-28(40)32-30-26(16-27(39)31(29(25)30)37(41)45)36(44)42(38(32)46)34-23(19(5)6)13-10-14-24(34)20(7)8;1-17-11-9-7-5(13(19)23-15(9)21)3-4-6-8(7)10(12(11)18-2)16(22)24-14(6)20;16-4-5-3-8-10-6(12(17)21-14(8)19)1-2-7-11(10)9(5)15(20)22-13(7)18;2*15-7-3-6-8-4(11(16)20-13(6)18)1-2-5-9(8)10(7)14(19)21-12(5)17/h9-20H,1-8H3;3-4H;1-3H;2*1-3H. The van der Waals surface area contributed by atoms with Crippen LogP contribution in [-0.2, 0) is 37.9 Å². The van der Waals surface area contributed by atoms with Gasteiger partial charge in [0.25, 0.3) is 23.6 Å². The molecule has 0 bridgehead atoms. The summed E-state index contributed by atoms with van der Waals surface area (Å²) in [5.41, 5.74) is 3.82. The number of carbonyl (C=O) groups is 20. The molecule has 10 aliphatic heterocycles. The number of nitriles is 1. The molecular weight excluding hydrogens is 1940 g/mol. The zero-order chi connectivity index (χ0) is 96.1. The van der Waals surface area contributed by atoms with Gasteiger partial charge in [0.05, 0.1) is 136 Å². The van der Waals surface area contributed by atoms with E-state index in [4.69, 9.17) is 13.1 Å². The molecule has 12 aromatic rings. The highest BCUT2D eigenvalue weighted by atomic mass is 79.9. The first-order valence-corrected chi connectivity index (χ1v) is 42.2. The van der Waals surface area contributed by atoms with Crippen LogP contribution in [0.4, 0.5) is 27.1 Å². The average molecular weight is 1990 g/mol. The molecule has 656 valence electrons. The molecular formula is C97H47Br3FN5O28. The number of ether oxygens (including phenoxy) is 8. The van der Waals surface area contributed by atoms with E-state index in [2.05, 4.69) is 95.4 Å². The molecule has 0 radical (unpaired) electrons. The Bertz CT molecular complexity index is 7760. The fraction of sp³-hybridized carbons (Fsp3) is 0.124. The predicted molar refractivity (Wildman–Crippen MR) is 470 cm³/mol. The first-order valence-electron chi connectivity index (χ1n) is 39.9. The Morgan fingerprint density at radius 1 is 0.284 bits per heavy atom. The topological polar surface area (TPSA) is 454 Å². The van der Waals surface area contributed by atoms with Crippen LogP contribution in [0, 0.1) is 30.3 Å². The average Bonchev–Trinajstić information content (AvgIpc) is 0.690. The Labute approximate surface area is 773 Å². The summed E-state index contributed by atoms with van der Waals surface area (Å²) in [4.78, 5) is 257. The number of hydrogen-bond donors (Lipinski definition) is 0. The summed E-state index contributed by atoms with van der Waals surface area (Å²) < 4.78 is 51.8. The molecule has 10 heterocycles. The fourth-order valence-electron chi connectivity index (χ4n) is 17.8. The van der Waals surface area contributed by atoms with E-state index in [0.717, 1.165) is 34.4 Å². The molecule has 0 N–H and O–H groups in total. The van der Waals surface area contributed by atoms with E-state index >= 15 is 0 Å². The van der Waals surface area contributed by atoms with Crippen molar-refractivity contribution >= 4 is 244 Å². The van der Waals surface area contributed by atoms with Crippen LogP contribution in [0.2, 0.25) is 0 Å². The highest BCUT2D eigenvalue weighted by Crippen LogP contribution is 2.53. The number of anilines is 2. The van der Waals surface area contributed by atoms with E-state index in [1.54, 1.807) is 18.2 Å². The van der Waals surface area contributed by atoms with Gasteiger partial charge in [-0.2, -0.15) is 5.26 Å². The lowest BCUT2D eigenvalue weighted by Crippen LogP contribution is -2.45. The molecule has 0 aromatic heterocycles. The Kier molecular flexibility index (Phi) is 20.8. The zero-order valence-corrected chi connectivity index (χ0v) is 74.2.